The smallest absolute Gasteiger partial charge is 0.166 e. The molecule has 1 saturated carbocycles. The number of hydrogen-bond acceptors (Lipinski definition) is 5. The number of nitroso groups, excluding NO2 is 1. The molecule has 0 bridgehead atoms. The highest BCUT2D eigenvalue weighted by molar-refractivity contribution is 5.67. The van der Waals surface area contributed by atoms with E-state index in [0.717, 1.165) is 44.5 Å². The number of nitrogens with one attached hydrogen (secondary N) is 1. The average molecular weight is 378 g/mol. The van der Waals surface area contributed by atoms with Gasteiger partial charge in [0.25, 0.3) is 0 Å². The lowest BCUT2D eigenvalue weighted by atomic mass is 9.90. The Kier molecular flexibility index (Phi) is 7.19. The maximum atomic E-state index is 13.9. The number of ether oxygens (including phenoxy) is 1. The molecule has 6 heteroatoms. The molecule has 27 heavy (non-hydrogen) atoms. The Hall–Kier alpha value is -1.53. The summed E-state index contributed by atoms with van der Waals surface area (Å²) in [6.07, 6.45) is 8.31. The lowest BCUT2D eigenvalue weighted by Gasteiger charge is -2.41. The fourth-order valence-corrected chi connectivity index (χ4v) is 4.43. The van der Waals surface area contributed by atoms with E-state index in [-0.39, 0.29) is 11.7 Å². The molecule has 1 saturated heterocycles. The van der Waals surface area contributed by atoms with Gasteiger partial charge in [-0.3, -0.25) is 0 Å². The first kappa shape index (κ1) is 20.2. The van der Waals surface area contributed by atoms with Crippen LogP contribution in [0.1, 0.15) is 57.4 Å². The zero-order chi connectivity index (χ0) is 19.2. The second kappa shape index (κ2) is 9.60. The van der Waals surface area contributed by atoms with Gasteiger partial charge >= 0.3 is 0 Å². The van der Waals surface area contributed by atoms with E-state index in [1.165, 1.54) is 31.7 Å². The molecule has 3 rings (SSSR count). The lowest BCUT2D eigenvalue weighted by Crippen LogP contribution is -2.46. The van der Waals surface area contributed by atoms with E-state index in [2.05, 4.69) is 22.3 Å². The summed E-state index contributed by atoms with van der Waals surface area (Å²) >= 11 is 0. The van der Waals surface area contributed by atoms with Gasteiger partial charge in [0, 0.05) is 31.8 Å². The molecule has 0 atom stereocenters. The van der Waals surface area contributed by atoms with Crippen molar-refractivity contribution in [2.45, 2.75) is 77.0 Å². The molecule has 0 aromatic heterocycles. The molecule has 1 aromatic carbocycles. The standard InChI is InChI=1S/C21H32FN3O2/c1-3-12-27-18-6-4-17(5-7-18)25-10-8-16(9-11-25)23-20-14-15(2)13-19(22)21(20)24-26/h13-14,16-18,23H,3-12H2,1-2H3/t17-,18-. The first-order chi connectivity index (χ1) is 13.1. The zero-order valence-corrected chi connectivity index (χ0v) is 16.5. The Bertz CT molecular complexity index is 624. The van der Waals surface area contributed by atoms with Crippen LogP contribution in [0.5, 0.6) is 0 Å². The van der Waals surface area contributed by atoms with Crippen LogP contribution in [0, 0.1) is 17.6 Å². The molecule has 150 valence electrons. The quantitative estimate of drug-likeness (QED) is 0.668. The van der Waals surface area contributed by atoms with Crippen LogP contribution < -0.4 is 5.32 Å². The highest BCUT2D eigenvalue weighted by atomic mass is 19.1. The van der Waals surface area contributed by atoms with Crippen LogP contribution in [0.15, 0.2) is 17.3 Å². The molecule has 1 aromatic rings. The Morgan fingerprint density at radius 1 is 1.19 bits per heavy atom. The number of benzene rings is 1. The Labute approximate surface area is 161 Å². The average Bonchev–Trinajstić information content (AvgIpc) is 2.67. The first-order valence-electron chi connectivity index (χ1n) is 10.4. The third kappa shape index (κ3) is 5.26. The molecule has 0 spiro atoms. The van der Waals surface area contributed by atoms with Gasteiger partial charge in [-0.25, -0.2) is 4.39 Å². The number of halogens is 1. The van der Waals surface area contributed by atoms with Gasteiger partial charge in [0.15, 0.2) is 11.5 Å². The van der Waals surface area contributed by atoms with E-state index < -0.39 is 5.82 Å². The number of nitrogens with zero attached hydrogens (tertiary/aromatic N) is 2. The van der Waals surface area contributed by atoms with Crippen molar-refractivity contribution in [1.29, 1.82) is 0 Å². The van der Waals surface area contributed by atoms with Crippen LogP contribution in [0.2, 0.25) is 0 Å². The number of rotatable bonds is 7. The molecule has 1 N–H and O–H groups in total. The van der Waals surface area contributed by atoms with Gasteiger partial charge in [-0.15, -0.1) is 4.91 Å². The fraction of sp³-hybridized carbons (Fsp3) is 0.714. The Morgan fingerprint density at radius 2 is 1.89 bits per heavy atom. The summed E-state index contributed by atoms with van der Waals surface area (Å²) in [5.41, 5.74) is 1.21. The van der Waals surface area contributed by atoms with Crippen molar-refractivity contribution in [2.24, 2.45) is 5.18 Å². The van der Waals surface area contributed by atoms with Crippen LogP contribution in [0.3, 0.4) is 0 Å². The minimum Gasteiger partial charge on any atom is -0.380 e. The van der Waals surface area contributed by atoms with Gasteiger partial charge < -0.3 is 15.0 Å². The van der Waals surface area contributed by atoms with Crippen LogP contribution in [-0.4, -0.2) is 42.8 Å². The normalized spacial score (nSPS) is 24.7. The van der Waals surface area contributed by atoms with Crippen molar-refractivity contribution in [3.8, 4) is 0 Å². The van der Waals surface area contributed by atoms with Gasteiger partial charge in [-0.05, 0) is 74.7 Å². The van der Waals surface area contributed by atoms with Gasteiger partial charge in [0.2, 0.25) is 0 Å². The largest absolute Gasteiger partial charge is 0.380 e. The van der Waals surface area contributed by atoms with Crippen LogP contribution in [0.25, 0.3) is 0 Å². The summed E-state index contributed by atoms with van der Waals surface area (Å²) in [5, 5.41) is 6.24. The van der Waals surface area contributed by atoms with E-state index in [1.54, 1.807) is 0 Å². The maximum absolute atomic E-state index is 13.9. The molecule has 1 heterocycles. The van der Waals surface area contributed by atoms with E-state index in [0.29, 0.717) is 17.8 Å². The molecular formula is C21H32FN3O2. The van der Waals surface area contributed by atoms with Gasteiger partial charge in [-0.1, -0.05) is 6.92 Å². The second-order valence-corrected chi connectivity index (χ2v) is 7.99. The fourth-order valence-electron chi connectivity index (χ4n) is 4.43. The van der Waals surface area contributed by atoms with Gasteiger partial charge in [-0.2, -0.15) is 0 Å². The van der Waals surface area contributed by atoms with Crippen molar-refractivity contribution in [3.63, 3.8) is 0 Å². The van der Waals surface area contributed by atoms with Crippen molar-refractivity contribution < 1.29 is 9.13 Å². The number of anilines is 1. The van der Waals surface area contributed by atoms with Gasteiger partial charge in [0.1, 0.15) is 0 Å². The predicted molar refractivity (Wildman–Crippen MR) is 107 cm³/mol. The first-order valence-corrected chi connectivity index (χ1v) is 10.4. The predicted octanol–water partition coefficient (Wildman–Crippen LogP) is 5.15. The summed E-state index contributed by atoms with van der Waals surface area (Å²) in [7, 11) is 0. The molecule has 2 aliphatic rings. The van der Waals surface area contributed by atoms with E-state index in [4.69, 9.17) is 4.74 Å². The Balaban J connectivity index is 1.48. The second-order valence-electron chi connectivity index (χ2n) is 7.99. The number of likely N-dealkylation sites (tertiary alicyclic amines) is 1. The minimum absolute atomic E-state index is 0.103. The van der Waals surface area contributed by atoms with Crippen LogP contribution >= 0.6 is 0 Å². The van der Waals surface area contributed by atoms with Crippen LogP contribution in [-0.2, 0) is 4.74 Å². The SMILES string of the molecule is CCCO[C@H]1CC[C@H](N2CCC(Nc3cc(C)cc(F)c3N=O)CC2)CC1. The summed E-state index contributed by atoms with van der Waals surface area (Å²) in [4.78, 5) is 13.6. The van der Waals surface area contributed by atoms with Crippen molar-refractivity contribution in [1.82, 2.24) is 4.90 Å². The van der Waals surface area contributed by atoms with Crippen molar-refractivity contribution in [3.05, 3.63) is 28.4 Å². The van der Waals surface area contributed by atoms with E-state index >= 15 is 0 Å². The molecule has 0 amide bonds. The highest BCUT2D eigenvalue weighted by Crippen LogP contribution is 2.32. The van der Waals surface area contributed by atoms with Crippen molar-refractivity contribution >= 4 is 11.4 Å². The summed E-state index contributed by atoms with van der Waals surface area (Å²) in [5.74, 6) is -0.549. The zero-order valence-electron chi connectivity index (χ0n) is 16.5. The Morgan fingerprint density at radius 3 is 2.52 bits per heavy atom. The third-order valence-electron chi connectivity index (χ3n) is 5.91. The number of piperidine rings is 1. The molecule has 1 aliphatic heterocycles. The summed E-state index contributed by atoms with van der Waals surface area (Å²) in [6, 6.07) is 4.08. The van der Waals surface area contributed by atoms with Crippen LogP contribution in [0.4, 0.5) is 15.8 Å². The van der Waals surface area contributed by atoms with Gasteiger partial charge in [0.05, 0.1) is 11.8 Å². The maximum Gasteiger partial charge on any atom is 0.166 e. The van der Waals surface area contributed by atoms with E-state index in [9.17, 15) is 9.30 Å². The minimum atomic E-state index is -0.549. The molecule has 0 unspecified atom stereocenters. The molecule has 5 nitrogen and oxygen atoms in total. The number of hydrogen-bond donors (Lipinski definition) is 1. The molecule has 2 fully saturated rings. The number of aryl methyl sites for hydroxylation is 1. The third-order valence-corrected chi connectivity index (χ3v) is 5.91. The highest BCUT2D eigenvalue weighted by Gasteiger charge is 2.29. The lowest BCUT2D eigenvalue weighted by molar-refractivity contribution is 0.00428. The summed E-state index contributed by atoms with van der Waals surface area (Å²) in [6.45, 7) is 6.95. The molecule has 0 radical (unpaired) electrons. The van der Waals surface area contributed by atoms with Crippen molar-refractivity contribution in [2.75, 3.05) is 25.0 Å². The monoisotopic (exact) mass is 377 g/mol. The molecule has 1 aliphatic carbocycles. The molecular weight excluding hydrogens is 345 g/mol. The summed E-state index contributed by atoms with van der Waals surface area (Å²) < 4.78 is 19.8. The topological polar surface area (TPSA) is 53.9 Å². The van der Waals surface area contributed by atoms with E-state index in [1.807, 2.05) is 13.0 Å².